The Morgan fingerprint density at radius 3 is 2.67 bits per heavy atom. The van der Waals surface area contributed by atoms with E-state index < -0.39 is 0 Å². The Labute approximate surface area is 131 Å². The van der Waals surface area contributed by atoms with Crippen LogP contribution in [0.1, 0.15) is 43.0 Å². The minimum atomic E-state index is 0.0755. The molecule has 1 aliphatic heterocycles. The minimum Gasteiger partial charge on any atom is -0.485 e. The van der Waals surface area contributed by atoms with E-state index in [2.05, 4.69) is 42.6 Å². The number of benzene rings is 2. The van der Waals surface area contributed by atoms with Crippen LogP contribution in [0.5, 0.6) is 5.75 Å². The zero-order valence-corrected chi connectivity index (χ0v) is 12.9. The van der Waals surface area contributed by atoms with Crippen LogP contribution in [-0.4, -0.2) is 6.54 Å². The minimum absolute atomic E-state index is 0.0755. The number of nitrogens with one attached hydrogen (secondary N) is 1. The number of hydrogen-bond acceptors (Lipinski definition) is 2. The van der Waals surface area contributed by atoms with Gasteiger partial charge in [0.15, 0.2) is 0 Å². The predicted octanol–water partition coefficient (Wildman–Crippen LogP) is 4.90. The standard InChI is InChI=1S/C18H20ClNO/c1-2-11-20-16-12-18(13-7-9-14(19)10-8-13)21-17-6-4-3-5-15(16)17/h3-10,16,18,20H,2,11-12H2,1H3. The van der Waals surface area contributed by atoms with Crippen LogP contribution in [0, 0.1) is 0 Å². The third-order valence-electron chi connectivity index (χ3n) is 3.90. The number of hydrogen-bond donors (Lipinski definition) is 1. The molecular weight excluding hydrogens is 282 g/mol. The molecule has 0 saturated heterocycles. The Morgan fingerprint density at radius 1 is 1.14 bits per heavy atom. The Bertz CT molecular complexity index is 596. The van der Waals surface area contributed by atoms with Crippen LogP contribution in [-0.2, 0) is 0 Å². The summed E-state index contributed by atoms with van der Waals surface area (Å²) in [6.45, 7) is 3.21. The van der Waals surface area contributed by atoms with E-state index in [-0.39, 0.29) is 6.10 Å². The molecule has 0 bridgehead atoms. The van der Waals surface area contributed by atoms with E-state index in [1.807, 2.05) is 18.2 Å². The SMILES string of the molecule is CCCNC1CC(c2ccc(Cl)cc2)Oc2ccccc21. The summed E-state index contributed by atoms with van der Waals surface area (Å²) in [5, 5.41) is 4.39. The fourth-order valence-corrected chi connectivity index (χ4v) is 2.94. The number of para-hydroxylation sites is 1. The monoisotopic (exact) mass is 301 g/mol. The molecule has 0 aromatic heterocycles. The van der Waals surface area contributed by atoms with Gasteiger partial charge in [0, 0.05) is 23.0 Å². The molecular formula is C18H20ClNO. The molecule has 110 valence electrons. The Balaban J connectivity index is 1.87. The van der Waals surface area contributed by atoms with Crippen LogP contribution >= 0.6 is 11.6 Å². The van der Waals surface area contributed by atoms with Gasteiger partial charge in [0.1, 0.15) is 11.9 Å². The molecule has 2 aromatic rings. The molecule has 1 aliphatic rings. The van der Waals surface area contributed by atoms with Gasteiger partial charge >= 0.3 is 0 Å². The van der Waals surface area contributed by atoms with E-state index in [4.69, 9.17) is 16.3 Å². The van der Waals surface area contributed by atoms with Crippen molar-refractivity contribution in [1.29, 1.82) is 0 Å². The highest BCUT2D eigenvalue weighted by Gasteiger charge is 2.28. The summed E-state index contributed by atoms with van der Waals surface area (Å²) in [5.74, 6) is 0.984. The van der Waals surface area contributed by atoms with Gasteiger partial charge in [-0.05, 0) is 36.7 Å². The summed E-state index contributed by atoms with van der Waals surface area (Å²) in [5.41, 5.74) is 2.44. The van der Waals surface area contributed by atoms with Crippen molar-refractivity contribution in [2.45, 2.75) is 31.9 Å². The second-order valence-corrected chi connectivity index (χ2v) is 5.87. The molecule has 0 amide bonds. The van der Waals surface area contributed by atoms with Gasteiger partial charge in [-0.25, -0.2) is 0 Å². The van der Waals surface area contributed by atoms with E-state index in [9.17, 15) is 0 Å². The summed E-state index contributed by atoms with van der Waals surface area (Å²) in [7, 11) is 0. The van der Waals surface area contributed by atoms with Crippen molar-refractivity contribution in [2.75, 3.05) is 6.54 Å². The number of rotatable bonds is 4. The fraction of sp³-hybridized carbons (Fsp3) is 0.333. The number of ether oxygens (including phenoxy) is 1. The molecule has 0 spiro atoms. The van der Waals surface area contributed by atoms with Crippen molar-refractivity contribution in [3.63, 3.8) is 0 Å². The average molecular weight is 302 g/mol. The molecule has 21 heavy (non-hydrogen) atoms. The second-order valence-electron chi connectivity index (χ2n) is 5.44. The van der Waals surface area contributed by atoms with Crippen LogP contribution in [0.3, 0.4) is 0 Å². The van der Waals surface area contributed by atoms with Gasteiger partial charge in [-0.1, -0.05) is 48.9 Å². The fourth-order valence-electron chi connectivity index (χ4n) is 2.81. The van der Waals surface area contributed by atoms with E-state index in [1.54, 1.807) is 0 Å². The van der Waals surface area contributed by atoms with Crippen molar-refractivity contribution in [2.24, 2.45) is 0 Å². The topological polar surface area (TPSA) is 21.3 Å². The molecule has 2 nitrogen and oxygen atoms in total. The Kier molecular flexibility index (Phi) is 4.47. The van der Waals surface area contributed by atoms with Gasteiger partial charge in [0.05, 0.1) is 0 Å². The number of halogens is 1. The van der Waals surface area contributed by atoms with Crippen LogP contribution in [0.15, 0.2) is 48.5 Å². The molecule has 0 saturated carbocycles. The first-order valence-corrected chi connectivity index (χ1v) is 7.90. The summed E-state index contributed by atoms with van der Waals surface area (Å²) in [6.07, 6.45) is 2.15. The van der Waals surface area contributed by atoms with Crippen molar-refractivity contribution in [3.8, 4) is 5.75 Å². The van der Waals surface area contributed by atoms with Gasteiger partial charge in [-0.2, -0.15) is 0 Å². The molecule has 1 heterocycles. The summed E-state index contributed by atoms with van der Waals surface area (Å²) < 4.78 is 6.18. The van der Waals surface area contributed by atoms with Gasteiger partial charge in [0.2, 0.25) is 0 Å². The molecule has 2 unspecified atom stereocenters. The highest BCUT2D eigenvalue weighted by atomic mass is 35.5. The molecule has 0 fully saturated rings. The lowest BCUT2D eigenvalue weighted by molar-refractivity contribution is 0.151. The third kappa shape index (κ3) is 3.22. The van der Waals surface area contributed by atoms with Crippen LogP contribution < -0.4 is 10.1 Å². The maximum atomic E-state index is 6.18. The lowest BCUT2D eigenvalue weighted by Crippen LogP contribution is -2.29. The van der Waals surface area contributed by atoms with E-state index in [0.29, 0.717) is 6.04 Å². The first kappa shape index (κ1) is 14.4. The van der Waals surface area contributed by atoms with Gasteiger partial charge in [-0.3, -0.25) is 0 Å². The second kappa shape index (κ2) is 6.50. The summed E-state index contributed by atoms with van der Waals surface area (Å²) >= 11 is 5.98. The Morgan fingerprint density at radius 2 is 1.90 bits per heavy atom. The zero-order chi connectivity index (χ0) is 14.7. The smallest absolute Gasteiger partial charge is 0.126 e. The normalized spacial score (nSPS) is 20.7. The van der Waals surface area contributed by atoms with Crippen molar-refractivity contribution < 1.29 is 4.74 Å². The van der Waals surface area contributed by atoms with Gasteiger partial charge in [0.25, 0.3) is 0 Å². The molecule has 2 atom stereocenters. The lowest BCUT2D eigenvalue weighted by Gasteiger charge is -2.33. The van der Waals surface area contributed by atoms with E-state index in [1.165, 1.54) is 11.1 Å². The highest BCUT2D eigenvalue weighted by Crippen LogP contribution is 2.40. The maximum Gasteiger partial charge on any atom is 0.126 e. The summed E-state index contributed by atoms with van der Waals surface area (Å²) in [4.78, 5) is 0. The van der Waals surface area contributed by atoms with Crippen molar-refractivity contribution in [3.05, 3.63) is 64.7 Å². The van der Waals surface area contributed by atoms with Gasteiger partial charge in [-0.15, -0.1) is 0 Å². The first-order chi connectivity index (χ1) is 10.3. The quantitative estimate of drug-likeness (QED) is 0.867. The van der Waals surface area contributed by atoms with Gasteiger partial charge < -0.3 is 10.1 Å². The Hall–Kier alpha value is -1.51. The predicted molar refractivity (Wildman–Crippen MR) is 86.9 cm³/mol. The van der Waals surface area contributed by atoms with Crippen LogP contribution in [0.4, 0.5) is 0 Å². The van der Waals surface area contributed by atoms with Crippen molar-refractivity contribution >= 4 is 11.6 Å². The molecule has 2 aromatic carbocycles. The van der Waals surface area contributed by atoms with E-state index in [0.717, 1.165) is 30.2 Å². The molecule has 1 N–H and O–H groups in total. The zero-order valence-electron chi connectivity index (χ0n) is 12.2. The largest absolute Gasteiger partial charge is 0.485 e. The lowest BCUT2D eigenvalue weighted by atomic mass is 9.93. The molecule has 3 rings (SSSR count). The highest BCUT2D eigenvalue weighted by molar-refractivity contribution is 6.30. The third-order valence-corrected chi connectivity index (χ3v) is 4.15. The van der Waals surface area contributed by atoms with Crippen LogP contribution in [0.25, 0.3) is 0 Å². The average Bonchev–Trinajstić information content (AvgIpc) is 2.53. The number of fused-ring (bicyclic) bond motifs is 1. The summed E-state index contributed by atoms with van der Waals surface area (Å²) in [6, 6.07) is 16.6. The molecule has 0 aliphatic carbocycles. The maximum absolute atomic E-state index is 6.18. The molecule has 3 heteroatoms. The van der Waals surface area contributed by atoms with E-state index >= 15 is 0 Å². The van der Waals surface area contributed by atoms with Crippen LogP contribution in [0.2, 0.25) is 5.02 Å². The van der Waals surface area contributed by atoms with Crippen molar-refractivity contribution in [1.82, 2.24) is 5.32 Å². The first-order valence-electron chi connectivity index (χ1n) is 7.52. The molecule has 0 radical (unpaired) electrons.